The van der Waals surface area contributed by atoms with Gasteiger partial charge in [0, 0.05) is 23.8 Å². The molecule has 2 atom stereocenters. The fourth-order valence-corrected chi connectivity index (χ4v) is 4.47. The van der Waals surface area contributed by atoms with E-state index in [9.17, 15) is 0 Å². The van der Waals surface area contributed by atoms with Gasteiger partial charge in [0.2, 0.25) is 0 Å². The topological polar surface area (TPSA) is 78.1 Å². The maximum atomic E-state index is 6.21. The minimum atomic E-state index is 0. The van der Waals surface area contributed by atoms with Crippen LogP contribution in [0.5, 0.6) is 11.5 Å². The van der Waals surface area contributed by atoms with Crippen LogP contribution in [0.1, 0.15) is 45.4 Å². The van der Waals surface area contributed by atoms with Gasteiger partial charge in [-0.3, -0.25) is 0 Å². The standard InChI is InChI=1S/C20H31N3O3.HI/c1-4-26-18-13-17(20(18)10-6-5-7-11-20)23-19(21)22-14-8-9-15(24-2)16(12-14)25-3;/h8-9,12,17-18H,4-7,10-11,13H2,1-3H3,(H3,21,22,23);1H. The highest BCUT2D eigenvalue weighted by Gasteiger charge is 2.55. The first-order chi connectivity index (χ1) is 12.6. The summed E-state index contributed by atoms with van der Waals surface area (Å²) in [6.45, 7) is 2.84. The molecule has 0 saturated heterocycles. The lowest BCUT2D eigenvalue weighted by Crippen LogP contribution is -2.58. The molecule has 1 aromatic carbocycles. The van der Waals surface area contributed by atoms with E-state index in [1.165, 1.54) is 32.1 Å². The van der Waals surface area contributed by atoms with Gasteiger partial charge in [0.05, 0.1) is 26.4 Å². The Morgan fingerprint density at radius 2 is 1.89 bits per heavy atom. The van der Waals surface area contributed by atoms with Crippen LogP contribution in [-0.2, 0) is 4.74 Å². The highest BCUT2D eigenvalue weighted by molar-refractivity contribution is 14.0. The van der Waals surface area contributed by atoms with Crippen LogP contribution in [0.4, 0.5) is 5.69 Å². The summed E-state index contributed by atoms with van der Waals surface area (Å²) in [6.07, 6.45) is 7.51. The Balaban J connectivity index is 0.00000261. The number of ether oxygens (including phenoxy) is 3. The first kappa shape index (κ1) is 22.1. The molecule has 0 bridgehead atoms. The van der Waals surface area contributed by atoms with Crippen LogP contribution in [0.2, 0.25) is 0 Å². The molecule has 2 unspecified atom stereocenters. The van der Waals surface area contributed by atoms with E-state index in [0.29, 0.717) is 23.6 Å². The predicted octanol–water partition coefficient (Wildman–Crippen LogP) is 4.18. The summed E-state index contributed by atoms with van der Waals surface area (Å²) in [7, 11) is 3.24. The van der Waals surface area contributed by atoms with Gasteiger partial charge in [-0.2, -0.15) is 0 Å². The molecule has 2 aliphatic rings. The van der Waals surface area contributed by atoms with E-state index in [-0.39, 0.29) is 35.4 Å². The van der Waals surface area contributed by atoms with Crippen molar-refractivity contribution in [2.24, 2.45) is 16.1 Å². The molecule has 1 spiro atoms. The quantitative estimate of drug-likeness (QED) is 0.356. The molecule has 6 nitrogen and oxygen atoms in total. The number of rotatable bonds is 6. The van der Waals surface area contributed by atoms with Crippen molar-refractivity contribution in [3.63, 3.8) is 0 Å². The van der Waals surface area contributed by atoms with E-state index in [2.05, 4.69) is 12.2 Å². The number of anilines is 1. The van der Waals surface area contributed by atoms with Gasteiger partial charge >= 0.3 is 0 Å². The predicted molar refractivity (Wildman–Crippen MR) is 120 cm³/mol. The van der Waals surface area contributed by atoms with Crippen molar-refractivity contribution >= 4 is 35.6 Å². The van der Waals surface area contributed by atoms with Gasteiger partial charge in [0.15, 0.2) is 17.5 Å². The molecule has 2 saturated carbocycles. The average molecular weight is 489 g/mol. The summed E-state index contributed by atoms with van der Waals surface area (Å²) in [6, 6.07) is 5.86. The molecule has 3 rings (SSSR count). The van der Waals surface area contributed by atoms with Gasteiger partial charge in [0.25, 0.3) is 0 Å². The third kappa shape index (κ3) is 4.62. The molecule has 0 aliphatic heterocycles. The Bertz CT molecular complexity index is 647. The minimum Gasteiger partial charge on any atom is -0.493 e. The number of guanidine groups is 1. The zero-order valence-electron chi connectivity index (χ0n) is 16.5. The summed E-state index contributed by atoms with van der Waals surface area (Å²) in [4.78, 5) is 4.82. The van der Waals surface area contributed by atoms with Crippen molar-refractivity contribution in [2.75, 3.05) is 26.1 Å². The van der Waals surface area contributed by atoms with Gasteiger partial charge in [-0.05, 0) is 38.3 Å². The van der Waals surface area contributed by atoms with Crippen LogP contribution in [0.3, 0.4) is 0 Å². The molecule has 0 aromatic heterocycles. The van der Waals surface area contributed by atoms with Crippen molar-refractivity contribution < 1.29 is 14.2 Å². The van der Waals surface area contributed by atoms with Crippen LogP contribution in [0.25, 0.3) is 0 Å². The number of hydrogen-bond acceptors (Lipinski definition) is 4. The van der Waals surface area contributed by atoms with E-state index in [4.69, 9.17) is 24.9 Å². The fraction of sp³-hybridized carbons (Fsp3) is 0.650. The van der Waals surface area contributed by atoms with Crippen LogP contribution >= 0.6 is 24.0 Å². The van der Waals surface area contributed by atoms with E-state index in [1.807, 2.05) is 18.2 Å². The lowest BCUT2D eigenvalue weighted by Gasteiger charge is -2.55. The Hall–Kier alpha value is -1.22. The van der Waals surface area contributed by atoms with Gasteiger partial charge in [0.1, 0.15) is 0 Å². The van der Waals surface area contributed by atoms with E-state index in [1.54, 1.807) is 14.2 Å². The van der Waals surface area contributed by atoms with Gasteiger partial charge < -0.3 is 25.3 Å². The van der Waals surface area contributed by atoms with Gasteiger partial charge in [-0.15, -0.1) is 24.0 Å². The summed E-state index contributed by atoms with van der Waals surface area (Å²) in [5.41, 5.74) is 7.23. The van der Waals surface area contributed by atoms with Crippen LogP contribution in [0, 0.1) is 5.41 Å². The molecule has 0 heterocycles. The van der Waals surface area contributed by atoms with Crippen molar-refractivity contribution in [1.29, 1.82) is 0 Å². The van der Waals surface area contributed by atoms with Gasteiger partial charge in [-0.1, -0.05) is 19.3 Å². The van der Waals surface area contributed by atoms with Gasteiger partial charge in [-0.25, -0.2) is 4.99 Å². The number of benzene rings is 1. The molecule has 7 heteroatoms. The summed E-state index contributed by atoms with van der Waals surface area (Å²) >= 11 is 0. The molecule has 2 fully saturated rings. The number of methoxy groups -OCH3 is 2. The third-order valence-electron chi connectivity index (χ3n) is 5.85. The Morgan fingerprint density at radius 1 is 1.19 bits per heavy atom. The number of aliphatic imine (C=N–C) groups is 1. The first-order valence-corrected chi connectivity index (χ1v) is 9.57. The Kier molecular flexibility index (Phi) is 8.03. The zero-order chi connectivity index (χ0) is 18.6. The number of halogens is 1. The zero-order valence-corrected chi connectivity index (χ0v) is 18.8. The third-order valence-corrected chi connectivity index (χ3v) is 5.85. The maximum Gasteiger partial charge on any atom is 0.193 e. The molecular formula is C20H32IN3O3. The minimum absolute atomic E-state index is 0. The monoisotopic (exact) mass is 489 g/mol. The molecule has 3 N–H and O–H groups in total. The van der Waals surface area contributed by atoms with Crippen molar-refractivity contribution in [2.45, 2.75) is 57.6 Å². The van der Waals surface area contributed by atoms with Crippen LogP contribution in [-0.4, -0.2) is 38.9 Å². The van der Waals surface area contributed by atoms with Crippen molar-refractivity contribution in [3.8, 4) is 11.5 Å². The molecule has 152 valence electrons. The second-order valence-electron chi connectivity index (χ2n) is 7.20. The smallest absolute Gasteiger partial charge is 0.193 e. The fourth-order valence-electron chi connectivity index (χ4n) is 4.47. The average Bonchev–Trinajstić information content (AvgIpc) is 2.67. The SMILES string of the molecule is CCOC1CC(N=C(N)Nc2ccc(OC)c(OC)c2)C12CCCCC2.I. The first-order valence-electron chi connectivity index (χ1n) is 9.57. The highest BCUT2D eigenvalue weighted by Crippen LogP contribution is 2.54. The number of nitrogens with zero attached hydrogens (tertiary/aromatic N) is 1. The molecular weight excluding hydrogens is 457 g/mol. The Morgan fingerprint density at radius 3 is 2.52 bits per heavy atom. The van der Waals surface area contributed by atoms with Crippen molar-refractivity contribution in [3.05, 3.63) is 18.2 Å². The number of nitrogens with one attached hydrogen (secondary N) is 1. The van der Waals surface area contributed by atoms with E-state index < -0.39 is 0 Å². The summed E-state index contributed by atoms with van der Waals surface area (Å²) < 4.78 is 16.6. The second-order valence-corrected chi connectivity index (χ2v) is 7.20. The lowest BCUT2D eigenvalue weighted by atomic mass is 9.55. The highest BCUT2D eigenvalue weighted by atomic mass is 127. The molecule has 2 aliphatic carbocycles. The van der Waals surface area contributed by atoms with E-state index in [0.717, 1.165) is 18.7 Å². The molecule has 0 radical (unpaired) electrons. The largest absolute Gasteiger partial charge is 0.493 e. The Labute approximate surface area is 179 Å². The normalized spacial score (nSPS) is 23.9. The molecule has 1 aromatic rings. The molecule has 0 amide bonds. The summed E-state index contributed by atoms with van der Waals surface area (Å²) in [5.74, 6) is 1.80. The number of nitrogens with two attached hydrogens (primary N) is 1. The lowest BCUT2D eigenvalue weighted by molar-refractivity contribution is -0.139. The summed E-state index contributed by atoms with van der Waals surface area (Å²) in [5, 5.41) is 3.19. The second kappa shape index (κ2) is 9.82. The van der Waals surface area contributed by atoms with Crippen molar-refractivity contribution in [1.82, 2.24) is 0 Å². The van der Waals surface area contributed by atoms with E-state index >= 15 is 0 Å². The number of hydrogen-bond donors (Lipinski definition) is 2. The van der Waals surface area contributed by atoms with Crippen LogP contribution in [0.15, 0.2) is 23.2 Å². The maximum absolute atomic E-state index is 6.21. The van der Waals surface area contributed by atoms with Crippen LogP contribution < -0.4 is 20.5 Å². The molecule has 27 heavy (non-hydrogen) atoms.